The number of hydrogen-bond donors (Lipinski definition) is 2. The third kappa shape index (κ3) is 2.76. The maximum Gasteiger partial charge on any atom is 0.224 e. The Labute approximate surface area is 89.1 Å². The summed E-state index contributed by atoms with van der Waals surface area (Å²) < 4.78 is 0. The van der Waals surface area contributed by atoms with Crippen LogP contribution in [-0.4, -0.2) is 24.0 Å². The van der Waals surface area contributed by atoms with Gasteiger partial charge in [-0.3, -0.25) is 9.78 Å². The van der Waals surface area contributed by atoms with E-state index in [9.17, 15) is 4.79 Å². The van der Waals surface area contributed by atoms with Crippen molar-refractivity contribution in [3.8, 4) is 0 Å². The Hall–Kier alpha value is -1.42. The van der Waals surface area contributed by atoms with Crippen molar-refractivity contribution in [2.75, 3.05) is 13.1 Å². The van der Waals surface area contributed by atoms with Gasteiger partial charge in [0, 0.05) is 12.7 Å². The summed E-state index contributed by atoms with van der Waals surface area (Å²) >= 11 is 0. The standard InChI is InChI=1S/C11H15N3O/c15-11(9-4-6-12-7-9)14-8-10-3-1-2-5-13-10/h1-3,5,9,12H,4,6-8H2,(H,14,15)/t9-/m1/s1. The minimum atomic E-state index is 0.130. The maximum atomic E-state index is 11.6. The molecule has 0 spiro atoms. The van der Waals surface area contributed by atoms with Gasteiger partial charge in [0.2, 0.25) is 5.91 Å². The highest BCUT2D eigenvalue weighted by Gasteiger charge is 2.21. The van der Waals surface area contributed by atoms with E-state index in [1.807, 2.05) is 18.2 Å². The van der Waals surface area contributed by atoms with Crippen LogP contribution in [0.15, 0.2) is 24.4 Å². The lowest BCUT2D eigenvalue weighted by Crippen LogP contribution is -2.31. The van der Waals surface area contributed by atoms with Crippen molar-refractivity contribution >= 4 is 5.91 Å². The van der Waals surface area contributed by atoms with Gasteiger partial charge in [-0.25, -0.2) is 0 Å². The number of carbonyl (C=O) groups excluding carboxylic acids is 1. The average Bonchev–Trinajstić information content (AvgIpc) is 2.81. The van der Waals surface area contributed by atoms with Gasteiger partial charge in [0.25, 0.3) is 0 Å². The lowest BCUT2D eigenvalue weighted by atomic mass is 10.1. The summed E-state index contributed by atoms with van der Waals surface area (Å²) in [7, 11) is 0. The van der Waals surface area contributed by atoms with Crippen LogP contribution >= 0.6 is 0 Å². The third-order valence-electron chi connectivity index (χ3n) is 2.60. The average molecular weight is 205 g/mol. The number of aromatic nitrogens is 1. The van der Waals surface area contributed by atoms with E-state index in [1.165, 1.54) is 0 Å². The highest BCUT2D eigenvalue weighted by atomic mass is 16.1. The highest BCUT2D eigenvalue weighted by molar-refractivity contribution is 5.79. The Morgan fingerprint density at radius 2 is 2.53 bits per heavy atom. The number of amides is 1. The lowest BCUT2D eigenvalue weighted by Gasteiger charge is -2.08. The summed E-state index contributed by atoms with van der Waals surface area (Å²) in [6, 6.07) is 5.70. The van der Waals surface area contributed by atoms with Gasteiger partial charge < -0.3 is 10.6 Å². The number of nitrogens with zero attached hydrogens (tertiary/aromatic N) is 1. The molecule has 4 heteroatoms. The van der Waals surface area contributed by atoms with Crippen molar-refractivity contribution in [2.24, 2.45) is 5.92 Å². The molecule has 0 aliphatic carbocycles. The van der Waals surface area contributed by atoms with Gasteiger partial charge in [0.05, 0.1) is 18.2 Å². The quantitative estimate of drug-likeness (QED) is 0.746. The smallest absolute Gasteiger partial charge is 0.224 e. The van der Waals surface area contributed by atoms with Crippen molar-refractivity contribution < 1.29 is 4.79 Å². The largest absolute Gasteiger partial charge is 0.350 e. The van der Waals surface area contributed by atoms with Crippen molar-refractivity contribution in [1.29, 1.82) is 0 Å². The molecule has 1 fully saturated rings. The molecule has 4 nitrogen and oxygen atoms in total. The molecule has 1 aliphatic rings. The Balaban J connectivity index is 1.80. The van der Waals surface area contributed by atoms with E-state index >= 15 is 0 Å². The molecule has 0 radical (unpaired) electrons. The fourth-order valence-electron chi connectivity index (χ4n) is 1.70. The second-order valence-corrected chi connectivity index (χ2v) is 3.73. The Morgan fingerprint density at radius 1 is 1.60 bits per heavy atom. The third-order valence-corrected chi connectivity index (χ3v) is 2.60. The Kier molecular flexibility index (Phi) is 3.29. The van der Waals surface area contributed by atoms with Gasteiger partial charge >= 0.3 is 0 Å². The molecule has 1 aromatic rings. The Morgan fingerprint density at radius 3 is 3.20 bits per heavy atom. The van der Waals surface area contributed by atoms with Gasteiger partial charge in [-0.2, -0.15) is 0 Å². The first-order chi connectivity index (χ1) is 7.36. The van der Waals surface area contributed by atoms with Crippen molar-refractivity contribution in [1.82, 2.24) is 15.6 Å². The molecule has 1 aliphatic heterocycles. The van der Waals surface area contributed by atoms with E-state index in [0.29, 0.717) is 6.54 Å². The maximum absolute atomic E-state index is 11.6. The molecule has 0 saturated carbocycles. The molecular weight excluding hydrogens is 190 g/mol. The topological polar surface area (TPSA) is 54.0 Å². The molecule has 0 aromatic carbocycles. The summed E-state index contributed by atoms with van der Waals surface area (Å²) in [5, 5.41) is 6.07. The van der Waals surface area contributed by atoms with Gasteiger partial charge in [-0.05, 0) is 25.1 Å². The fraction of sp³-hybridized carbons (Fsp3) is 0.455. The summed E-state index contributed by atoms with van der Waals surface area (Å²) in [6.07, 6.45) is 2.67. The van der Waals surface area contributed by atoms with Crippen molar-refractivity contribution in [2.45, 2.75) is 13.0 Å². The van der Waals surface area contributed by atoms with Gasteiger partial charge in [-0.15, -0.1) is 0 Å². The second kappa shape index (κ2) is 4.89. The van der Waals surface area contributed by atoms with E-state index in [0.717, 1.165) is 25.2 Å². The van der Waals surface area contributed by atoms with Gasteiger partial charge in [0.1, 0.15) is 0 Å². The van der Waals surface area contributed by atoms with Crippen LogP contribution in [-0.2, 0) is 11.3 Å². The molecule has 1 aromatic heterocycles. The van der Waals surface area contributed by atoms with Crippen LogP contribution in [0.1, 0.15) is 12.1 Å². The monoisotopic (exact) mass is 205 g/mol. The summed E-state index contributed by atoms with van der Waals surface area (Å²) in [5.74, 6) is 0.263. The molecule has 2 N–H and O–H groups in total. The first-order valence-corrected chi connectivity index (χ1v) is 5.24. The van der Waals surface area contributed by atoms with Crippen LogP contribution in [0.3, 0.4) is 0 Å². The zero-order chi connectivity index (χ0) is 10.5. The minimum Gasteiger partial charge on any atom is -0.350 e. The fourth-order valence-corrected chi connectivity index (χ4v) is 1.70. The number of carbonyl (C=O) groups is 1. The van der Waals surface area contributed by atoms with E-state index in [4.69, 9.17) is 0 Å². The van der Waals surface area contributed by atoms with Crippen molar-refractivity contribution in [3.05, 3.63) is 30.1 Å². The molecule has 0 bridgehead atoms. The molecule has 1 atom stereocenters. The number of hydrogen-bond acceptors (Lipinski definition) is 3. The van der Waals surface area contributed by atoms with E-state index in [1.54, 1.807) is 6.20 Å². The van der Waals surface area contributed by atoms with Crippen LogP contribution in [0.25, 0.3) is 0 Å². The van der Waals surface area contributed by atoms with Crippen LogP contribution in [0.2, 0.25) is 0 Å². The van der Waals surface area contributed by atoms with E-state index in [2.05, 4.69) is 15.6 Å². The first kappa shape index (κ1) is 10.1. The zero-order valence-electron chi connectivity index (χ0n) is 8.57. The van der Waals surface area contributed by atoms with E-state index in [-0.39, 0.29) is 11.8 Å². The normalized spacial score (nSPS) is 20.1. The molecular formula is C11H15N3O. The highest BCUT2D eigenvalue weighted by Crippen LogP contribution is 2.07. The number of rotatable bonds is 3. The van der Waals surface area contributed by atoms with Crippen LogP contribution in [0, 0.1) is 5.92 Å². The SMILES string of the molecule is O=C(NCc1ccccn1)[C@@H]1CCNC1. The molecule has 2 heterocycles. The van der Waals surface area contributed by atoms with Crippen LogP contribution < -0.4 is 10.6 Å². The molecule has 1 saturated heterocycles. The lowest BCUT2D eigenvalue weighted by molar-refractivity contribution is -0.124. The molecule has 80 valence electrons. The summed E-state index contributed by atoms with van der Waals surface area (Å²) in [5.41, 5.74) is 0.900. The van der Waals surface area contributed by atoms with Gasteiger partial charge in [-0.1, -0.05) is 6.07 Å². The molecule has 15 heavy (non-hydrogen) atoms. The van der Waals surface area contributed by atoms with Crippen LogP contribution in [0.4, 0.5) is 0 Å². The number of pyridine rings is 1. The summed E-state index contributed by atoms with van der Waals surface area (Å²) in [6.45, 7) is 2.27. The predicted molar refractivity (Wildman–Crippen MR) is 57.1 cm³/mol. The summed E-state index contributed by atoms with van der Waals surface area (Å²) in [4.78, 5) is 15.8. The first-order valence-electron chi connectivity index (χ1n) is 5.24. The van der Waals surface area contributed by atoms with Crippen molar-refractivity contribution in [3.63, 3.8) is 0 Å². The molecule has 0 unspecified atom stereocenters. The van der Waals surface area contributed by atoms with Crippen LogP contribution in [0.5, 0.6) is 0 Å². The Bertz CT molecular complexity index is 320. The number of nitrogens with one attached hydrogen (secondary N) is 2. The molecule has 2 rings (SSSR count). The predicted octanol–water partition coefficient (Wildman–Crippen LogP) is 0.307. The minimum absolute atomic E-state index is 0.130. The van der Waals surface area contributed by atoms with E-state index < -0.39 is 0 Å². The van der Waals surface area contributed by atoms with Gasteiger partial charge in [0.15, 0.2) is 0 Å². The zero-order valence-corrected chi connectivity index (χ0v) is 8.57. The molecule has 1 amide bonds. The second-order valence-electron chi connectivity index (χ2n) is 3.73.